The Bertz CT molecular complexity index is 360. The highest BCUT2D eigenvalue weighted by Crippen LogP contribution is 2.17. The Hall–Kier alpha value is -1.60. The first-order valence-electron chi connectivity index (χ1n) is 4.68. The lowest BCUT2D eigenvalue weighted by Crippen LogP contribution is -2.07. The van der Waals surface area contributed by atoms with Gasteiger partial charge in [-0.1, -0.05) is 0 Å². The van der Waals surface area contributed by atoms with E-state index in [1.807, 2.05) is 13.0 Å². The second kappa shape index (κ2) is 5.99. The third kappa shape index (κ3) is 3.56. The molecule has 0 aromatic heterocycles. The van der Waals surface area contributed by atoms with Crippen LogP contribution in [0, 0.1) is 17.1 Å². The summed E-state index contributed by atoms with van der Waals surface area (Å²) in [6.07, 6.45) is 0. The Labute approximate surface area is 88.0 Å². The molecule has 80 valence electrons. The standard InChI is InChI=1S/C11H12FNO2/c1-2-14-5-6-15-11-4-3-9(8-13)7-10(11)12/h3-4,7H,2,5-6H2,1H3. The van der Waals surface area contributed by atoms with Crippen molar-refractivity contribution in [3.05, 3.63) is 29.6 Å². The van der Waals surface area contributed by atoms with Crippen molar-refractivity contribution in [1.29, 1.82) is 5.26 Å². The molecule has 0 heterocycles. The molecular formula is C11H12FNO2. The summed E-state index contributed by atoms with van der Waals surface area (Å²) in [6, 6.07) is 5.96. The van der Waals surface area contributed by atoms with E-state index < -0.39 is 5.82 Å². The van der Waals surface area contributed by atoms with Crippen LogP contribution in [0.5, 0.6) is 5.75 Å². The molecule has 0 radical (unpaired) electrons. The molecule has 0 spiro atoms. The second-order valence-electron chi connectivity index (χ2n) is 2.80. The van der Waals surface area contributed by atoms with E-state index in [-0.39, 0.29) is 11.3 Å². The van der Waals surface area contributed by atoms with Crippen LogP contribution in [0.2, 0.25) is 0 Å². The number of hydrogen-bond acceptors (Lipinski definition) is 3. The molecule has 0 unspecified atom stereocenters. The highest BCUT2D eigenvalue weighted by atomic mass is 19.1. The summed E-state index contributed by atoms with van der Waals surface area (Å²) >= 11 is 0. The van der Waals surface area contributed by atoms with Crippen molar-refractivity contribution in [3.8, 4) is 11.8 Å². The number of halogens is 1. The zero-order chi connectivity index (χ0) is 11.1. The number of rotatable bonds is 5. The van der Waals surface area contributed by atoms with Crippen LogP contribution in [0.15, 0.2) is 18.2 Å². The molecular weight excluding hydrogens is 197 g/mol. The first kappa shape index (κ1) is 11.5. The molecule has 0 saturated carbocycles. The van der Waals surface area contributed by atoms with Crippen molar-refractivity contribution in [2.45, 2.75) is 6.92 Å². The summed E-state index contributed by atoms with van der Waals surface area (Å²) in [5, 5.41) is 8.52. The van der Waals surface area contributed by atoms with Crippen molar-refractivity contribution in [3.63, 3.8) is 0 Å². The van der Waals surface area contributed by atoms with Crippen LogP contribution in [0.25, 0.3) is 0 Å². The topological polar surface area (TPSA) is 42.2 Å². The molecule has 15 heavy (non-hydrogen) atoms. The van der Waals surface area contributed by atoms with Gasteiger partial charge in [-0.25, -0.2) is 4.39 Å². The van der Waals surface area contributed by atoms with E-state index in [0.29, 0.717) is 19.8 Å². The summed E-state index contributed by atoms with van der Waals surface area (Å²) in [5.41, 5.74) is 0.282. The fraction of sp³-hybridized carbons (Fsp3) is 0.364. The van der Waals surface area contributed by atoms with Gasteiger partial charge in [-0.3, -0.25) is 0 Å². The molecule has 0 atom stereocenters. The number of nitriles is 1. The quantitative estimate of drug-likeness (QED) is 0.697. The van der Waals surface area contributed by atoms with Crippen molar-refractivity contribution in [2.24, 2.45) is 0 Å². The zero-order valence-corrected chi connectivity index (χ0v) is 8.50. The highest BCUT2D eigenvalue weighted by Gasteiger charge is 2.03. The van der Waals surface area contributed by atoms with Gasteiger partial charge in [-0.05, 0) is 25.1 Å². The fourth-order valence-corrected chi connectivity index (χ4v) is 1.04. The molecule has 0 N–H and O–H groups in total. The number of ether oxygens (including phenoxy) is 2. The van der Waals surface area contributed by atoms with Crippen molar-refractivity contribution in [2.75, 3.05) is 19.8 Å². The summed E-state index contributed by atoms with van der Waals surface area (Å²) in [7, 11) is 0. The highest BCUT2D eigenvalue weighted by molar-refractivity contribution is 5.35. The molecule has 0 bridgehead atoms. The number of benzene rings is 1. The Morgan fingerprint density at radius 2 is 2.20 bits per heavy atom. The molecule has 1 aromatic carbocycles. The summed E-state index contributed by atoms with van der Waals surface area (Å²) in [6.45, 7) is 3.22. The Morgan fingerprint density at radius 1 is 1.40 bits per heavy atom. The van der Waals surface area contributed by atoms with Gasteiger partial charge in [0.05, 0.1) is 18.2 Å². The van der Waals surface area contributed by atoms with Gasteiger partial charge in [0.15, 0.2) is 11.6 Å². The van der Waals surface area contributed by atoms with Crippen LogP contribution >= 0.6 is 0 Å². The largest absolute Gasteiger partial charge is 0.488 e. The minimum absolute atomic E-state index is 0.147. The molecule has 1 aromatic rings. The third-order valence-electron chi connectivity index (χ3n) is 1.75. The van der Waals surface area contributed by atoms with Crippen molar-refractivity contribution in [1.82, 2.24) is 0 Å². The molecule has 4 heteroatoms. The predicted octanol–water partition coefficient (Wildman–Crippen LogP) is 2.11. The van der Waals surface area contributed by atoms with Crippen molar-refractivity contribution >= 4 is 0 Å². The van der Waals surface area contributed by atoms with Gasteiger partial charge in [0.1, 0.15) is 6.61 Å². The lowest BCUT2D eigenvalue weighted by atomic mass is 10.2. The fourth-order valence-electron chi connectivity index (χ4n) is 1.04. The molecule has 3 nitrogen and oxygen atoms in total. The van der Waals surface area contributed by atoms with Gasteiger partial charge >= 0.3 is 0 Å². The first-order valence-corrected chi connectivity index (χ1v) is 4.68. The van der Waals surface area contributed by atoms with Crippen LogP contribution in [0.4, 0.5) is 4.39 Å². The van der Waals surface area contributed by atoms with Gasteiger partial charge in [0.2, 0.25) is 0 Å². The molecule has 0 aliphatic rings. The summed E-state index contributed by atoms with van der Waals surface area (Å²) < 4.78 is 23.4. The predicted molar refractivity (Wildman–Crippen MR) is 53.1 cm³/mol. The van der Waals surface area contributed by atoms with Crippen LogP contribution in [0.1, 0.15) is 12.5 Å². The van der Waals surface area contributed by atoms with Gasteiger partial charge in [0.25, 0.3) is 0 Å². The molecule has 0 aliphatic heterocycles. The maximum atomic E-state index is 13.2. The Balaban J connectivity index is 2.52. The molecule has 0 fully saturated rings. The second-order valence-corrected chi connectivity index (χ2v) is 2.80. The van der Waals surface area contributed by atoms with Crippen LogP contribution in [0.3, 0.4) is 0 Å². The third-order valence-corrected chi connectivity index (χ3v) is 1.75. The maximum Gasteiger partial charge on any atom is 0.166 e. The molecule has 0 saturated heterocycles. The summed E-state index contributed by atoms with van der Waals surface area (Å²) in [5.74, 6) is -0.376. The number of hydrogen-bond donors (Lipinski definition) is 0. The maximum absolute atomic E-state index is 13.2. The van der Waals surface area contributed by atoms with E-state index in [1.165, 1.54) is 12.1 Å². The van der Waals surface area contributed by atoms with E-state index in [9.17, 15) is 4.39 Å². The minimum Gasteiger partial charge on any atom is -0.488 e. The smallest absolute Gasteiger partial charge is 0.166 e. The average molecular weight is 209 g/mol. The Kier molecular flexibility index (Phi) is 4.58. The van der Waals surface area contributed by atoms with E-state index in [4.69, 9.17) is 14.7 Å². The average Bonchev–Trinajstić information content (AvgIpc) is 2.26. The SMILES string of the molecule is CCOCCOc1ccc(C#N)cc1F. The lowest BCUT2D eigenvalue weighted by molar-refractivity contribution is 0.108. The molecule has 0 aliphatic carbocycles. The lowest BCUT2D eigenvalue weighted by Gasteiger charge is -2.06. The monoisotopic (exact) mass is 209 g/mol. The zero-order valence-electron chi connectivity index (χ0n) is 8.50. The van der Waals surface area contributed by atoms with Crippen LogP contribution < -0.4 is 4.74 Å². The van der Waals surface area contributed by atoms with E-state index in [0.717, 1.165) is 6.07 Å². The number of nitrogens with zero attached hydrogens (tertiary/aromatic N) is 1. The Morgan fingerprint density at radius 3 is 2.80 bits per heavy atom. The van der Waals surface area contributed by atoms with E-state index >= 15 is 0 Å². The minimum atomic E-state index is -0.523. The normalized spacial score (nSPS) is 9.67. The first-order chi connectivity index (χ1) is 7.27. The van der Waals surface area contributed by atoms with Crippen molar-refractivity contribution < 1.29 is 13.9 Å². The van der Waals surface area contributed by atoms with Gasteiger partial charge in [-0.15, -0.1) is 0 Å². The van der Waals surface area contributed by atoms with E-state index in [2.05, 4.69) is 0 Å². The van der Waals surface area contributed by atoms with Gasteiger partial charge in [-0.2, -0.15) is 5.26 Å². The van der Waals surface area contributed by atoms with Crippen LogP contribution in [-0.2, 0) is 4.74 Å². The van der Waals surface area contributed by atoms with Crippen LogP contribution in [-0.4, -0.2) is 19.8 Å². The summed E-state index contributed by atoms with van der Waals surface area (Å²) in [4.78, 5) is 0. The molecule has 1 rings (SSSR count). The van der Waals surface area contributed by atoms with E-state index in [1.54, 1.807) is 0 Å². The van der Waals surface area contributed by atoms with Gasteiger partial charge < -0.3 is 9.47 Å². The molecule has 0 amide bonds. The van der Waals surface area contributed by atoms with Gasteiger partial charge in [0, 0.05) is 6.61 Å².